The first-order valence-corrected chi connectivity index (χ1v) is 6.52. The second-order valence-electron chi connectivity index (χ2n) is 3.85. The van der Waals surface area contributed by atoms with Gasteiger partial charge in [-0.2, -0.15) is 0 Å². The Hall–Kier alpha value is -1.69. The molecule has 0 radical (unpaired) electrons. The normalized spacial score (nSPS) is 9.89. The SMILES string of the molecule is CN(C)c1ccccc1NC(=O)CSCC(=O)O. The van der Waals surface area contributed by atoms with Crippen LogP contribution in [0.3, 0.4) is 0 Å². The quantitative estimate of drug-likeness (QED) is 0.818. The van der Waals surface area contributed by atoms with Crippen LogP contribution in [0.1, 0.15) is 0 Å². The third-order valence-electron chi connectivity index (χ3n) is 2.12. The molecule has 98 valence electrons. The standard InChI is InChI=1S/C12H16N2O3S/c1-14(2)10-6-4-3-5-9(10)13-11(15)7-18-8-12(16)17/h3-6H,7-8H2,1-2H3,(H,13,15)(H,16,17). The molecule has 1 amide bonds. The van der Waals surface area contributed by atoms with Crippen molar-refractivity contribution in [1.29, 1.82) is 0 Å². The molecule has 0 heterocycles. The molecule has 2 N–H and O–H groups in total. The molecule has 18 heavy (non-hydrogen) atoms. The number of rotatable bonds is 6. The number of aliphatic carboxylic acids is 1. The van der Waals surface area contributed by atoms with Crippen LogP contribution in [0.2, 0.25) is 0 Å². The fraction of sp³-hybridized carbons (Fsp3) is 0.333. The second kappa shape index (κ2) is 6.90. The molecule has 0 aromatic heterocycles. The van der Waals surface area contributed by atoms with Gasteiger partial charge >= 0.3 is 5.97 Å². The van der Waals surface area contributed by atoms with Crippen LogP contribution in [0.4, 0.5) is 11.4 Å². The highest BCUT2D eigenvalue weighted by Crippen LogP contribution is 2.23. The number of carboxylic acid groups (broad SMARTS) is 1. The zero-order valence-corrected chi connectivity index (χ0v) is 11.2. The van der Waals surface area contributed by atoms with Gasteiger partial charge in [0.1, 0.15) is 0 Å². The lowest BCUT2D eigenvalue weighted by Gasteiger charge is -2.17. The number of para-hydroxylation sites is 2. The summed E-state index contributed by atoms with van der Waals surface area (Å²) in [6.07, 6.45) is 0. The Morgan fingerprint density at radius 3 is 2.56 bits per heavy atom. The maximum absolute atomic E-state index is 11.6. The minimum atomic E-state index is -0.915. The predicted octanol–water partition coefficient (Wildman–Crippen LogP) is 1.51. The van der Waals surface area contributed by atoms with Crippen LogP contribution in [0.25, 0.3) is 0 Å². The van der Waals surface area contributed by atoms with Gasteiger partial charge in [-0.3, -0.25) is 9.59 Å². The summed E-state index contributed by atoms with van der Waals surface area (Å²) in [4.78, 5) is 23.9. The van der Waals surface area contributed by atoms with Crippen LogP contribution in [0.5, 0.6) is 0 Å². The number of amides is 1. The molecule has 0 spiro atoms. The third kappa shape index (κ3) is 4.67. The van der Waals surface area contributed by atoms with Crippen LogP contribution in [0.15, 0.2) is 24.3 Å². The van der Waals surface area contributed by atoms with Gasteiger partial charge in [0.2, 0.25) is 5.91 Å². The number of nitrogens with zero attached hydrogens (tertiary/aromatic N) is 1. The molecule has 5 nitrogen and oxygen atoms in total. The number of nitrogens with one attached hydrogen (secondary N) is 1. The predicted molar refractivity (Wildman–Crippen MR) is 74.4 cm³/mol. The first kappa shape index (κ1) is 14.4. The summed E-state index contributed by atoms with van der Waals surface area (Å²) in [7, 11) is 3.79. The number of carbonyl (C=O) groups is 2. The van der Waals surface area contributed by atoms with E-state index < -0.39 is 5.97 Å². The van der Waals surface area contributed by atoms with E-state index >= 15 is 0 Å². The van der Waals surface area contributed by atoms with E-state index in [2.05, 4.69) is 5.32 Å². The number of hydrogen-bond acceptors (Lipinski definition) is 4. The van der Waals surface area contributed by atoms with Gasteiger partial charge in [-0.25, -0.2) is 0 Å². The van der Waals surface area contributed by atoms with Crippen LogP contribution in [-0.4, -0.2) is 42.6 Å². The number of benzene rings is 1. The van der Waals surface area contributed by atoms with Gasteiger partial charge in [-0.1, -0.05) is 12.1 Å². The van der Waals surface area contributed by atoms with E-state index in [1.54, 1.807) is 0 Å². The molecule has 1 aromatic carbocycles. The summed E-state index contributed by atoms with van der Waals surface area (Å²) in [5.41, 5.74) is 1.64. The largest absolute Gasteiger partial charge is 0.481 e. The van der Waals surface area contributed by atoms with E-state index in [1.807, 2.05) is 43.3 Å². The summed E-state index contributed by atoms with van der Waals surface area (Å²) in [5, 5.41) is 11.2. The van der Waals surface area contributed by atoms with Crippen LogP contribution < -0.4 is 10.2 Å². The van der Waals surface area contributed by atoms with Crippen LogP contribution >= 0.6 is 11.8 Å². The van der Waals surface area contributed by atoms with Gasteiger partial charge in [0.25, 0.3) is 0 Å². The maximum atomic E-state index is 11.6. The highest BCUT2D eigenvalue weighted by atomic mass is 32.2. The van der Waals surface area contributed by atoms with Crippen molar-refractivity contribution in [3.8, 4) is 0 Å². The Morgan fingerprint density at radius 1 is 1.28 bits per heavy atom. The number of thioether (sulfide) groups is 1. The van der Waals surface area contributed by atoms with E-state index in [-0.39, 0.29) is 17.4 Å². The molecule has 0 atom stereocenters. The molecular weight excluding hydrogens is 252 g/mol. The lowest BCUT2D eigenvalue weighted by atomic mass is 10.2. The smallest absolute Gasteiger partial charge is 0.313 e. The molecule has 0 saturated carbocycles. The first-order valence-electron chi connectivity index (χ1n) is 5.36. The van der Waals surface area contributed by atoms with Crippen molar-refractivity contribution in [2.24, 2.45) is 0 Å². The van der Waals surface area contributed by atoms with Gasteiger partial charge in [-0.05, 0) is 12.1 Å². The Kier molecular flexibility index (Phi) is 5.51. The zero-order chi connectivity index (χ0) is 13.5. The highest BCUT2D eigenvalue weighted by molar-refractivity contribution is 8.00. The van der Waals surface area contributed by atoms with Crippen LogP contribution in [0, 0.1) is 0 Å². The third-order valence-corrected chi connectivity index (χ3v) is 3.04. The summed E-state index contributed by atoms with van der Waals surface area (Å²) >= 11 is 1.08. The number of anilines is 2. The van der Waals surface area contributed by atoms with E-state index in [0.717, 1.165) is 23.1 Å². The molecule has 0 saturated heterocycles. The fourth-order valence-electron chi connectivity index (χ4n) is 1.39. The number of carboxylic acids is 1. The van der Waals surface area contributed by atoms with Crippen molar-refractivity contribution in [2.45, 2.75) is 0 Å². The molecule has 6 heteroatoms. The Morgan fingerprint density at radius 2 is 1.94 bits per heavy atom. The lowest BCUT2D eigenvalue weighted by Crippen LogP contribution is -2.18. The minimum absolute atomic E-state index is 0.0667. The van der Waals surface area contributed by atoms with Crippen LogP contribution in [-0.2, 0) is 9.59 Å². The van der Waals surface area contributed by atoms with Crippen molar-refractivity contribution in [3.05, 3.63) is 24.3 Å². The molecule has 1 aromatic rings. The summed E-state index contributed by atoms with van der Waals surface area (Å²) in [5.74, 6) is -1.05. The summed E-state index contributed by atoms with van der Waals surface area (Å²) in [6, 6.07) is 7.45. The number of carbonyl (C=O) groups excluding carboxylic acids is 1. The van der Waals surface area contributed by atoms with E-state index in [4.69, 9.17) is 5.11 Å². The Balaban J connectivity index is 2.56. The monoisotopic (exact) mass is 268 g/mol. The van der Waals surface area contributed by atoms with E-state index in [9.17, 15) is 9.59 Å². The van der Waals surface area contributed by atoms with Crippen molar-refractivity contribution in [2.75, 3.05) is 35.8 Å². The van der Waals surface area contributed by atoms with Gasteiger partial charge in [-0.15, -0.1) is 11.8 Å². The highest BCUT2D eigenvalue weighted by Gasteiger charge is 2.08. The molecule has 0 bridgehead atoms. The van der Waals surface area contributed by atoms with Crippen molar-refractivity contribution >= 4 is 35.0 Å². The summed E-state index contributed by atoms with van der Waals surface area (Å²) < 4.78 is 0. The van der Waals surface area contributed by atoms with E-state index in [0.29, 0.717) is 0 Å². The van der Waals surface area contributed by atoms with Crippen molar-refractivity contribution < 1.29 is 14.7 Å². The first-order chi connectivity index (χ1) is 8.50. The molecular formula is C12H16N2O3S. The van der Waals surface area contributed by atoms with Gasteiger partial charge < -0.3 is 15.3 Å². The molecule has 0 aliphatic heterocycles. The number of hydrogen-bond donors (Lipinski definition) is 2. The fourth-order valence-corrected chi connectivity index (χ4v) is 1.92. The van der Waals surface area contributed by atoms with Gasteiger partial charge in [0.15, 0.2) is 0 Å². The molecule has 0 aliphatic carbocycles. The molecule has 0 unspecified atom stereocenters. The molecule has 1 rings (SSSR count). The van der Waals surface area contributed by atoms with Gasteiger partial charge in [0, 0.05) is 14.1 Å². The molecule has 0 aliphatic rings. The molecule has 0 fully saturated rings. The van der Waals surface area contributed by atoms with Crippen molar-refractivity contribution in [1.82, 2.24) is 0 Å². The second-order valence-corrected chi connectivity index (χ2v) is 4.83. The average molecular weight is 268 g/mol. The van der Waals surface area contributed by atoms with Crippen molar-refractivity contribution in [3.63, 3.8) is 0 Å². The zero-order valence-electron chi connectivity index (χ0n) is 10.3. The Labute approximate surface area is 110 Å². The maximum Gasteiger partial charge on any atom is 0.313 e. The van der Waals surface area contributed by atoms with E-state index in [1.165, 1.54) is 0 Å². The topological polar surface area (TPSA) is 69.6 Å². The summed E-state index contributed by atoms with van der Waals surface area (Å²) in [6.45, 7) is 0. The average Bonchev–Trinajstić information content (AvgIpc) is 2.28. The lowest BCUT2D eigenvalue weighted by molar-refractivity contribution is -0.133. The van der Waals surface area contributed by atoms with Gasteiger partial charge in [0.05, 0.1) is 22.9 Å². The minimum Gasteiger partial charge on any atom is -0.481 e. The Bertz CT molecular complexity index is 435.